The summed E-state index contributed by atoms with van der Waals surface area (Å²) in [6.45, 7) is 3.32. The normalized spacial score (nSPS) is 13.8. The Balaban J connectivity index is 0.000000182. The molecular formula is C31H24F6N8O3S. The first-order chi connectivity index (χ1) is 23.3. The van der Waals surface area contributed by atoms with Gasteiger partial charge in [-0.05, 0) is 31.2 Å². The average Bonchev–Trinajstić information content (AvgIpc) is 3.51. The molecule has 7 rings (SSSR count). The van der Waals surface area contributed by atoms with Gasteiger partial charge in [0.25, 0.3) is 11.8 Å². The number of urea groups is 1. The molecule has 49 heavy (non-hydrogen) atoms. The maximum atomic E-state index is 13.0. The van der Waals surface area contributed by atoms with Gasteiger partial charge in [0.1, 0.15) is 13.2 Å². The molecule has 2 aliphatic rings. The Morgan fingerprint density at radius 1 is 0.857 bits per heavy atom. The van der Waals surface area contributed by atoms with E-state index in [1.54, 1.807) is 11.4 Å². The molecule has 254 valence electrons. The Morgan fingerprint density at radius 2 is 1.47 bits per heavy atom. The fraction of sp³-hybridized carbons (Fsp3) is 0.226. The van der Waals surface area contributed by atoms with E-state index in [-0.39, 0.29) is 36.1 Å². The number of hydrogen-bond donors (Lipinski definition) is 2. The van der Waals surface area contributed by atoms with Gasteiger partial charge in [0.15, 0.2) is 10.9 Å². The van der Waals surface area contributed by atoms with Crippen LogP contribution in [-0.2, 0) is 12.4 Å². The van der Waals surface area contributed by atoms with Crippen molar-refractivity contribution < 1.29 is 40.6 Å². The second kappa shape index (κ2) is 13.5. The molecule has 0 aliphatic carbocycles. The highest BCUT2D eigenvalue weighted by molar-refractivity contribution is 7.13. The van der Waals surface area contributed by atoms with Crippen LogP contribution in [0.5, 0.6) is 11.8 Å². The summed E-state index contributed by atoms with van der Waals surface area (Å²) in [7, 11) is 0. The summed E-state index contributed by atoms with van der Waals surface area (Å²) in [5.41, 5.74) is 0.438. The molecule has 0 unspecified atom stereocenters. The number of thiazole rings is 1. The first-order valence-electron chi connectivity index (χ1n) is 14.4. The van der Waals surface area contributed by atoms with Crippen LogP contribution in [0.1, 0.15) is 16.8 Å². The number of carbonyl (C=O) groups excluding carboxylic acids is 1. The molecule has 0 saturated heterocycles. The van der Waals surface area contributed by atoms with Crippen molar-refractivity contribution >= 4 is 34.1 Å². The lowest BCUT2D eigenvalue weighted by Gasteiger charge is -2.27. The van der Waals surface area contributed by atoms with Crippen LogP contribution in [0.25, 0.3) is 22.5 Å². The third-order valence-electron chi connectivity index (χ3n) is 6.95. The van der Waals surface area contributed by atoms with Gasteiger partial charge in [0.2, 0.25) is 5.82 Å². The minimum Gasteiger partial charge on any atom is -0.473 e. The molecular weight excluding hydrogens is 678 g/mol. The van der Waals surface area contributed by atoms with Crippen LogP contribution in [0.2, 0.25) is 0 Å². The highest BCUT2D eigenvalue weighted by Crippen LogP contribution is 2.35. The zero-order valence-corrected chi connectivity index (χ0v) is 26.1. The SMILES string of the molecule is Cc1csc(NC(=O)N2CCOc3ncc(-c4cccc(C(F)(F)F)c4)nc32)n1.FC(F)(F)c1cccc(-c2cnc3c(n2)NCCO3)c1. The Kier molecular flexibility index (Phi) is 9.22. The number of amides is 2. The Bertz CT molecular complexity index is 1990. The van der Waals surface area contributed by atoms with Crippen molar-refractivity contribution in [2.75, 3.05) is 41.8 Å². The number of hydrogen-bond acceptors (Lipinski definition) is 10. The number of halogens is 6. The molecule has 0 bridgehead atoms. The van der Waals surface area contributed by atoms with E-state index in [1.807, 2.05) is 6.92 Å². The number of anilines is 3. The number of fused-ring (bicyclic) bond motifs is 2. The van der Waals surface area contributed by atoms with Crippen LogP contribution in [0.4, 0.5) is 47.9 Å². The Hall–Kier alpha value is -5.52. The predicted molar refractivity (Wildman–Crippen MR) is 168 cm³/mol. The largest absolute Gasteiger partial charge is 0.473 e. The maximum Gasteiger partial charge on any atom is 0.416 e. The van der Waals surface area contributed by atoms with Gasteiger partial charge in [-0.25, -0.2) is 29.7 Å². The molecule has 2 amide bonds. The van der Waals surface area contributed by atoms with Gasteiger partial charge in [-0.3, -0.25) is 10.2 Å². The van der Waals surface area contributed by atoms with Crippen LogP contribution in [0, 0.1) is 6.92 Å². The summed E-state index contributed by atoms with van der Waals surface area (Å²) < 4.78 is 87.8. The minimum atomic E-state index is -4.47. The highest BCUT2D eigenvalue weighted by atomic mass is 32.1. The van der Waals surface area contributed by atoms with Crippen molar-refractivity contribution in [2.24, 2.45) is 0 Å². The molecule has 0 radical (unpaired) electrons. The van der Waals surface area contributed by atoms with E-state index in [0.29, 0.717) is 41.2 Å². The van der Waals surface area contributed by atoms with Crippen LogP contribution in [0.3, 0.4) is 0 Å². The van der Waals surface area contributed by atoms with Gasteiger partial charge in [-0.15, -0.1) is 11.3 Å². The number of nitrogens with one attached hydrogen (secondary N) is 2. The van der Waals surface area contributed by atoms with E-state index < -0.39 is 29.5 Å². The molecule has 2 aromatic carbocycles. The zero-order chi connectivity index (χ0) is 34.8. The third kappa shape index (κ3) is 7.80. The lowest BCUT2D eigenvalue weighted by molar-refractivity contribution is -0.138. The molecule has 18 heteroatoms. The smallest absolute Gasteiger partial charge is 0.416 e. The summed E-state index contributed by atoms with van der Waals surface area (Å²) in [5, 5.41) is 7.91. The molecule has 0 spiro atoms. The van der Waals surface area contributed by atoms with Crippen LogP contribution >= 0.6 is 11.3 Å². The van der Waals surface area contributed by atoms with Gasteiger partial charge in [0, 0.05) is 16.5 Å². The van der Waals surface area contributed by atoms with Crippen molar-refractivity contribution in [3.63, 3.8) is 0 Å². The monoisotopic (exact) mass is 702 g/mol. The number of ether oxygens (including phenoxy) is 2. The molecule has 0 fully saturated rings. The van der Waals surface area contributed by atoms with Crippen molar-refractivity contribution in [3.05, 3.63) is 83.1 Å². The number of carbonyl (C=O) groups is 1. The first-order valence-corrected chi connectivity index (χ1v) is 15.3. The molecule has 5 heterocycles. The third-order valence-corrected chi connectivity index (χ3v) is 7.83. The standard InChI is InChI=1S/C18H14F3N5O2S.C13H10F3N3O/c1-10-9-29-16(23-10)25-17(27)26-5-6-28-15-14(26)24-13(8-22-15)11-3-2-4-12(7-11)18(19,20)21;14-13(15,16)9-3-1-2-8(6-9)10-7-18-12-11(19-10)17-4-5-20-12/h2-4,7-9H,5-6H2,1H3,(H,23,25,27);1-3,6-7H,4-5H2,(H,17,19). The number of nitrogens with zero attached hydrogens (tertiary/aromatic N) is 6. The molecule has 0 atom stereocenters. The van der Waals surface area contributed by atoms with Crippen molar-refractivity contribution in [1.29, 1.82) is 0 Å². The number of aromatic nitrogens is 5. The summed E-state index contributed by atoms with van der Waals surface area (Å²) in [6.07, 6.45) is -6.13. The summed E-state index contributed by atoms with van der Waals surface area (Å²) in [6, 6.07) is 9.29. The first kappa shape index (κ1) is 33.4. The quantitative estimate of drug-likeness (QED) is 0.186. The second-order valence-corrected chi connectivity index (χ2v) is 11.3. The number of rotatable bonds is 3. The second-order valence-electron chi connectivity index (χ2n) is 10.4. The lowest BCUT2D eigenvalue weighted by Crippen LogP contribution is -2.41. The summed E-state index contributed by atoms with van der Waals surface area (Å²) in [5.74, 6) is 1.09. The van der Waals surface area contributed by atoms with E-state index >= 15 is 0 Å². The molecule has 11 nitrogen and oxygen atoms in total. The number of aryl methyl sites for hydroxylation is 1. The summed E-state index contributed by atoms with van der Waals surface area (Å²) in [4.78, 5) is 35.0. The van der Waals surface area contributed by atoms with Gasteiger partial charge in [-0.2, -0.15) is 26.3 Å². The molecule has 5 aromatic rings. The highest BCUT2D eigenvalue weighted by Gasteiger charge is 2.32. The molecule has 2 N–H and O–H groups in total. The topological polar surface area (TPSA) is 127 Å². The van der Waals surface area contributed by atoms with Crippen molar-refractivity contribution in [3.8, 4) is 34.3 Å². The number of alkyl halides is 6. The Labute approximate surface area is 278 Å². The fourth-order valence-corrected chi connectivity index (χ4v) is 5.34. The van der Waals surface area contributed by atoms with Crippen LogP contribution in [0.15, 0.2) is 66.3 Å². The van der Waals surface area contributed by atoms with Gasteiger partial charge in [0.05, 0.1) is 53.7 Å². The van der Waals surface area contributed by atoms with Gasteiger partial charge < -0.3 is 14.8 Å². The fourth-order valence-electron chi connectivity index (χ4n) is 4.66. The van der Waals surface area contributed by atoms with E-state index in [1.165, 1.54) is 46.8 Å². The van der Waals surface area contributed by atoms with E-state index in [9.17, 15) is 31.1 Å². The molecule has 3 aromatic heterocycles. The van der Waals surface area contributed by atoms with Gasteiger partial charge in [-0.1, -0.05) is 24.3 Å². The van der Waals surface area contributed by atoms with E-state index in [4.69, 9.17) is 9.47 Å². The van der Waals surface area contributed by atoms with Crippen molar-refractivity contribution in [1.82, 2.24) is 24.9 Å². The van der Waals surface area contributed by atoms with Crippen molar-refractivity contribution in [2.45, 2.75) is 19.3 Å². The Morgan fingerprint density at radius 3 is 2.08 bits per heavy atom. The maximum absolute atomic E-state index is 13.0. The average molecular weight is 703 g/mol. The minimum absolute atomic E-state index is 0.136. The van der Waals surface area contributed by atoms with E-state index in [0.717, 1.165) is 30.0 Å². The molecule has 2 aliphatic heterocycles. The summed E-state index contributed by atoms with van der Waals surface area (Å²) >= 11 is 1.28. The zero-order valence-electron chi connectivity index (χ0n) is 25.3. The van der Waals surface area contributed by atoms with Crippen LogP contribution < -0.4 is 25.0 Å². The lowest BCUT2D eigenvalue weighted by atomic mass is 10.1. The van der Waals surface area contributed by atoms with E-state index in [2.05, 4.69) is 35.6 Å². The van der Waals surface area contributed by atoms with Gasteiger partial charge >= 0.3 is 18.4 Å². The number of benzene rings is 2. The van der Waals surface area contributed by atoms with Crippen LogP contribution in [-0.4, -0.2) is 57.3 Å². The molecule has 0 saturated carbocycles. The predicted octanol–water partition coefficient (Wildman–Crippen LogP) is 7.32.